The Morgan fingerprint density at radius 3 is 2.67 bits per heavy atom. The van der Waals surface area contributed by atoms with Crippen molar-refractivity contribution in [2.24, 2.45) is 0 Å². The second-order valence-electron chi connectivity index (χ2n) is 4.24. The molecule has 1 amide bonds. The van der Waals surface area contributed by atoms with Crippen LogP contribution in [0.4, 0.5) is 9.93 Å². The van der Waals surface area contributed by atoms with Crippen LogP contribution in [0, 0.1) is 0 Å². The molecular formula is C14H14N2O4S. The highest BCUT2D eigenvalue weighted by Crippen LogP contribution is 2.21. The third kappa shape index (κ3) is 3.79. The van der Waals surface area contributed by atoms with Gasteiger partial charge in [-0.15, -0.1) is 11.3 Å². The molecule has 0 radical (unpaired) electrons. The summed E-state index contributed by atoms with van der Waals surface area (Å²) in [7, 11) is 0. The Bertz CT molecular complexity index is 601. The molecule has 2 rings (SSSR count). The van der Waals surface area contributed by atoms with Gasteiger partial charge in [-0.1, -0.05) is 30.3 Å². The van der Waals surface area contributed by atoms with Crippen molar-refractivity contribution in [3.63, 3.8) is 0 Å². The highest BCUT2D eigenvalue weighted by molar-refractivity contribution is 7.13. The molecule has 1 N–H and O–H groups in total. The molecule has 0 aliphatic rings. The Morgan fingerprint density at radius 2 is 2.10 bits per heavy atom. The lowest BCUT2D eigenvalue weighted by Gasteiger charge is -2.23. The number of nitrogens with zero attached hydrogens (tertiary/aromatic N) is 2. The molecule has 0 aliphatic heterocycles. The van der Waals surface area contributed by atoms with E-state index in [1.807, 2.05) is 30.3 Å². The van der Waals surface area contributed by atoms with Crippen LogP contribution < -0.4 is 4.90 Å². The van der Waals surface area contributed by atoms with E-state index >= 15 is 0 Å². The van der Waals surface area contributed by atoms with Crippen LogP contribution in [0.5, 0.6) is 0 Å². The lowest BCUT2D eigenvalue weighted by Crippen LogP contribution is -2.43. The van der Waals surface area contributed by atoms with Gasteiger partial charge in [-0.05, 0) is 12.5 Å². The summed E-state index contributed by atoms with van der Waals surface area (Å²) < 4.78 is 5.18. The first-order valence-electron chi connectivity index (χ1n) is 6.22. The SMILES string of the molecule is C[C@@H](C(=O)O)N(C(=O)OCc1ccccc1)c1nccs1. The van der Waals surface area contributed by atoms with Crippen molar-refractivity contribution in [1.29, 1.82) is 0 Å². The minimum absolute atomic E-state index is 0.0773. The Kier molecular flexibility index (Phi) is 4.89. The Balaban J connectivity index is 2.10. The van der Waals surface area contributed by atoms with E-state index < -0.39 is 18.1 Å². The number of anilines is 1. The number of carbonyl (C=O) groups excluding carboxylic acids is 1. The van der Waals surface area contributed by atoms with Crippen molar-refractivity contribution >= 4 is 28.5 Å². The van der Waals surface area contributed by atoms with Gasteiger partial charge in [-0.3, -0.25) is 0 Å². The third-order valence-electron chi connectivity index (χ3n) is 2.77. The minimum Gasteiger partial charge on any atom is -0.480 e. The van der Waals surface area contributed by atoms with Gasteiger partial charge >= 0.3 is 12.1 Å². The maximum absolute atomic E-state index is 12.2. The summed E-state index contributed by atoms with van der Waals surface area (Å²) in [4.78, 5) is 28.3. The Morgan fingerprint density at radius 1 is 1.38 bits per heavy atom. The van der Waals surface area contributed by atoms with Crippen molar-refractivity contribution in [1.82, 2.24) is 4.98 Å². The van der Waals surface area contributed by atoms with Crippen LogP contribution in [0.15, 0.2) is 41.9 Å². The monoisotopic (exact) mass is 306 g/mol. The fraction of sp³-hybridized carbons (Fsp3) is 0.214. The summed E-state index contributed by atoms with van der Waals surface area (Å²) in [6, 6.07) is 8.12. The summed E-state index contributed by atoms with van der Waals surface area (Å²) in [5.41, 5.74) is 0.827. The first kappa shape index (κ1) is 15.0. The summed E-state index contributed by atoms with van der Waals surface area (Å²) in [6.07, 6.45) is 0.773. The molecule has 1 aromatic heterocycles. The Hall–Kier alpha value is -2.41. The molecule has 6 nitrogen and oxygen atoms in total. The average Bonchev–Trinajstić information content (AvgIpc) is 3.00. The van der Waals surface area contributed by atoms with Crippen LogP contribution in [-0.2, 0) is 16.1 Å². The number of amides is 1. The molecule has 0 aliphatic carbocycles. The van der Waals surface area contributed by atoms with E-state index in [4.69, 9.17) is 9.84 Å². The molecule has 0 spiro atoms. The van der Waals surface area contributed by atoms with Crippen molar-refractivity contribution in [2.75, 3.05) is 4.90 Å². The van der Waals surface area contributed by atoms with E-state index in [1.165, 1.54) is 24.5 Å². The summed E-state index contributed by atoms with van der Waals surface area (Å²) in [5.74, 6) is -1.12. The number of carboxylic acid groups (broad SMARTS) is 1. The second-order valence-corrected chi connectivity index (χ2v) is 5.11. The number of thiazole rings is 1. The highest BCUT2D eigenvalue weighted by Gasteiger charge is 2.30. The molecule has 21 heavy (non-hydrogen) atoms. The van der Waals surface area contributed by atoms with Gasteiger partial charge in [-0.2, -0.15) is 0 Å². The molecule has 1 aromatic carbocycles. The van der Waals surface area contributed by atoms with Gasteiger partial charge in [0.2, 0.25) is 0 Å². The number of aliphatic carboxylic acids is 1. The number of carbonyl (C=O) groups is 2. The van der Waals surface area contributed by atoms with Gasteiger partial charge in [0.25, 0.3) is 0 Å². The quantitative estimate of drug-likeness (QED) is 0.918. The number of rotatable bonds is 5. The van der Waals surface area contributed by atoms with E-state index in [-0.39, 0.29) is 6.61 Å². The van der Waals surface area contributed by atoms with Crippen LogP contribution in [0.25, 0.3) is 0 Å². The first-order chi connectivity index (χ1) is 10.1. The maximum Gasteiger partial charge on any atom is 0.417 e. The van der Waals surface area contributed by atoms with E-state index in [0.717, 1.165) is 10.5 Å². The maximum atomic E-state index is 12.2. The minimum atomic E-state index is -1.12. The van der Waals surface area contributed by atoms with Gasteiger partial charge in [0.15, 0.2) is 5.13 Å². The largest absolute Gasteiger partial charge is 0.480 e. The van der Waals surface area contributed by atoms with E-state index in [1.54, 1.807) is 5.38 Å². The zero-order valence-corrected chi connectivity index (χ0v) is 12.1. The van der Waals surface area contributed by atoms with Gasteiger partial charge in [-0.25, -0.2) is 19.5 Å². The zero-order chi connectivity index (χ0) is 15.2. The molecule has 0 fully saturated rings. The van der Waals surface area contributed by atoms with E-state index in [0.29, 0.717) is 5.13 Å². The predicted molar refractivity (Wildman–Crippen MR) is 78.3 cm³/mol. The molecule has 1 atom stereocenters. The molecule has 7 heteroatoms. The van der Waals surface area contributed by atoms with Crippen LogP contribution in [0.1, 0.15) is 12.5 Å². The van der Waals surface area contributed by atoms with Crippen LogP contribution >= 0.6 is 11.3 Å². The van der Waals surface area contributed by atoms with Gasteiger partial charge in [0, 0.05) is 11.6 Å². The molecule has 1 heterocycles. The van der Waals surface area contributed by atoms with Crippen LogP contribution in [0.3, 0.4) is 0 Å². The number of ether oxygens (including phenoxy) is 1. The zero-order valence-electron chi connectivity index (χ0n) is 11.3. The number of carboxylic acids is 1. The van der Waals surface area contributed by atoms with Crippen molar-refractivity contribution in [3.05, 3.63) is 47.5 Å². The topological polar surface area (TPSA) is 79.7 Å². The van der Waals surface area contributed by atoms with Gasteiger partial charge < -0.3 is 9.84 Å². The summed E-state index contributed by atoms with van der Waals surface area (Å²) >= 11 is 1.18. The fourth-order valence-corrected chi connectivity index (χ4v) is 2.35. The first-order valence-corrected chi connectivity index (χ1v) is 7.09. The number of benzene rings is 1. The van der Waals surface area contributed by atoms with Crippen molar-refractivity contribution in [2.45, 2.75) is 19.6 Å². The van der Waals surface area contributed by atoms with Crippen LogP contribution in [0.2, 0.25) is 0 Å². The second kappa shape index (κ2) is 6.85. The molecule has 0 saturated carbocycles. The van der Waals surface area contributed by atoms with Gasteiger partial charge in [0.05, 0.1) is 0 Å². The lowest BCUT2D eigenvalue weighted by atomic mass is 10.2. The molecule has 110 valence electrons. The van der Waals surface area contributed by atoms with Gasteiger partial charge in [0.1, 0.15) is 12.6 Å². The van der Waals surface area contributed by atoms with Crippen LogP contribution in [-0.4, -0.2) is 28.2 Å². The lowest BCUT2D eigenvalue weighted by molar-refractivity contribution is -0.138. The van der Waals surface area contributed by atoms with Crippen molar-refractivity contribution in [3.8, 4) is 0 Å². The standard InChI is InChI=1S/C14H14N2O4S/c1-10(12(17)18)16(13-15-7-8-21-13)14(19)20-9-11-5-3-2-4-6-11/h2-8,10H,9H2,1H3,(H,17,18)/t10-/m0/s1. The number of aromatic nitrogens is 1. The fourth-order valence-electron chi connectivity index (χ4n) is 1.64. The van der Waals surface area contributed by atoms with E-state index in [9.17, 15) is 9.59 Å². The molecule has 0 bridgehead atoms. The summed E-state index contributed by atoms with van der Waals surface area (Å²) in [6.45, 7) is 1.49. The summed E-state index contributed by atoms with van der Waals surface area (Å²) in [5, 5.41) is 11.1. The molecule has 0 saturated heterocycles. The smallest absolute Gasteiger partial charge is 0.417 e. The predicted octanol–water partition coefficient (Wildman–Crippen LogP) is 2.76. The Labute approximate surface area is 125 Å². The molecule has 2 aromatic rings. The normalized spacial score (nSPS) is 11.7. The molecular weight excluding hydrogens is 292 g/mol. The van der Waals surface area contributed by atoms with E-state index in [2.05, 4.69) is 4.98 Å². The number of hydrogen-bond donors (Lipinski definition) is 1. The third-order valence-corrected chi connectivity index (χ3v) is 3.54. The highest BCUT2D eigenvalue weighted by atomic mass is 32.1. The van der Waals surface area contributed by atoms with Crippen molar-refractivity contribution < 1.29 is 19.4 Å². The average molecular weight is 306 g/mol. The molecule has 0 unspecified atom stereocenters. The number of hydrogen-bond acceptors (Lipinski definition) is 5.